The monoisotopic (exact) mass is 444 g/mol. The Balaban J connectivity index is 1.97. The number of aryl methyl sites for hydroxylation is 1. The lowest BCUT2D eigenvalue weighted by Crippen LogP contribution is -2.28. The second kappa shape index (κ2) is 7.97. The Labute approximate surface area is 189 Å². The summed E-state index contributed by atoms with van der Waals surface area (Å²) < 4.78 is 0. The van der Waals surface area contributed by atoms with Gasteiger partial charge in [-0.2, -0.15) is 5.10 Å². The second-order valence-corrected chi connectivity index (χ2v) is 8.71. The maximum atomic E-state index is 12.6. The van der Waals surface area contributed by atoms with Crippen molar-refractivity contribution >= 4 is 34.2 Å². The summed E-state index contributed by atoms with van der Waals surface area (Å²) >= 11 is 0. The molecule has 33 heavy (non-hydrogen) atoms. The molecule has 0 unspecified atom stereocenters. The molecule has 0 aliphatic rings. The number of hydrogen-bond donors (Lipinski definition) is 4. The number of anilines is 2. The van der Waals surface area contributed by atoms with E-state index < -0.39 is 11.3 Å². The number of primary amides is 1. The van der Waals surface area contributed by atoms with E-state index in [1.165, 1.54) is 0 Å². The van der Waals surface area contributed by atoms with Crippen LogP contribution in [0.4, 0.5) is 11.5 Å². The highest BCUT2D eigenvalue weighted by molar-refractivity contribution is 6.04. The smallest absolute Gasteiger partial charge is 0.269 e. The van der Waals surface area contributed by atoms with Crippen LogP contribution in [0.25, 0.3) is 33.5 Å². The molecule has 10 nitrogen and oxygen atoms in total. The van der Waals surface area contributed by atoms with Crippen LogP contribution < -0.4 is 16.8 Å². The number of aromatic nitrogens is 5. The van der Waals surface area contributed by atoms with Gasteiger partial charge in [-0.3, -0.25) is 14.7 Å². The summed E-state index contributed by atoms with van der Waals surface area (Å²) in [6, 6.07) is 7.19. The Morgan fingerprint density at radius 2 is 1.88 bits per heavy atom. The molecule has 0 saturated carbocycles. The maximum Gasteiger partial charge on any atom is 0.269 e. The third-order valence-corrected chi connectivity index (χ3v) is 5.21. The normalized spacial score (nSPS) is 11.5. The molecule has 0 atom stereocenters. The van der Waals surface area contributed by atoms with Crippen molar-refractivity contribution in [2.45, 2.75) is 27.7 Å². The van der Waals surface area contributed by atoms with Crippen LogP contribution in [0, 0.1) is 12.3 Å². The summed E-state index contributed by atoms with van der Waals surface area (Å²) in [7, 11) is 0. The maximum absolute atomic E-state index is 12.6. The van der Waals surface area contributed by atoms with Crippen molar-refractivity contribution in [1.29, 1.82) is 0 Å². The summed E-state index contributed by atoms with van der Waals surface area (Å²) in [5.41, 5.74) is 14.4. The number of benzene rings is 1. The fraction of sp³-hybridized carbons (Fsp3) is 0.217. The van der Waals surface area contributed by atoms with Crippen LogP contribution >= 0.6 is 0 Å². The number of amides is 2. The molecular weight excluding hydrogens is 420 g/mol. The lowest BCUT2D eigenvalue weighted by Gasteiger charge is -2.19. The Hall–Kier alpha value is -4.34. The van der Waals surface area contributed by atoms with Gasteiger partial charge in [-0.25, -0.2) is 15.0 Å². The molecule has 4 rings (SSSR count). The van der Waals surface area contributed by atoms with Gasteiger partial charge in [0.2, 0.25) is 5.91 Å². The van der Waals surface area contributed by atoms with E-state index in [-0.39, 0.29) is 28.9 Å². The van der Waals surface area contributed by atoms with Crippen LogP contribution in [-0.2, 0) is 4.79 Å². The van der Waals surface area contributed by atoms with Gasteiger partial charge in [-0.1, -0.05) is 26.8 Å². The molecule has 168 valence electrons. The number of fused-ring (bicyclic) bond motifs is 1. The molecule has 3 heterocycles. The SMILES string of the molecule is Cc1ccc2[nH]ncc2c1-c1nc(-c2cccnc2NC(=O)C(C)(C)C)nc(C(N)=O)c1N. The van der Waals surface area contributed by atoms with Gasteiger partial charge in [0.15, 0.2) is 11.5 Å². The standard InChI is InChI=1S/C23H24N8O2/c1-11-7-8-14-13(10-27-31-14)15(11)17-16(24)18(19(25)32)29-21(28-17)12-6-5-9-26-20(12)30-22(33)23(2,3)4/h5-10H,24H2,1-4H3,(H2,25,32)(H,27,31)(H,26,30,33). The number of nitrogens with zero attached hydrogens (tertiary/aromatic N) is 4. The third kappa shape index (κ3) is 3.98. The Bertz CT molecular complexity index is 1400. The van der Waals surface area contributed by atoms with E-state index in [4.69, 9.17) is 16.5 Å². The van der Waals surface area contributed by atoms with Crippen molar-refractivity contribution in [2.75, 3.05) is 11.1 Å². The fourth-order valence-corrected chi connectivity index (χ4v) is 3.39. The van der Waals surface area contributed by atoms with Crippen molar-refractivity contribution in [3.63, 3.8) is 0 Å². The first kappa shape index (κ1) is 21.9. The van der Waals surface area contributed by atoms with Crippen molar-refractivity contribution in [3.05, 3.63) is 47.9 Å². The quantitative estimate of drug-likeness (QED) is 0.375. The summed E-state index contributed by atoms with van der Waals surface area (Å²) in [5.74, 6) is -0.599. The molecule has 4 aromatic rings. The number of nitrogen functional groups attached to an aromatic ring is 1. The predicted molar refractivity (Wildman–Crippen MR) is 126 cm³/mol. The zero-order valence-corrected chi connectivity index (χ0v) is 18.7. The molecular formula is C23H24N8O2. The molecule has 0 radical (unpaired) electrons. The highest BCUT2D eigenvalue weighted by atomic mass is 16.2. The van der Waals surface area contributed by atoms with Crippen LogP contribution in [0.15, 0.2) is 36.7 Å². The van der Waals surface area contributed by atoms with Crippen LogP contribution in [0.1, 0.15) is 36.8 Å². The molecule has 3 aromatic heterocycles. The number of hydrogen-bond acceptors (Lipinski definition) is 7. The van der Waals surface area contributed by atoms with Crippen LogP contribution in [-0.4, -0.2) is 37.0 Å². The van der Waals surface area contributed by atoms with Crippen LogP contribution in [0.3, 0.4) is 0 Å². The minimum atomic E-state index is -0.793. The van der Waals surface area contributed by atoms with Crippen LogP contribution in [0.5, 0.6) is 0 Å². The Morgan fingerprint density at radius 1 is 1.12 bits per heavy atom. The third-order valence-electron chi connectivity index (χ3n) is 5.21. The summed E-state index contributed by atoms with van der Waals surface area (Å²) in [6.07, 6.45) is 3.22. The van der Waals surface area contributed by atoms with Crippen molar-refractivity contribution in [2.24, 2.45) is 11.1 Å². The number of nitrogens with one attached hydrogen (secondary N) is 2. The first-order valence-corrected chi connectivity index (χ1v) is 10.2. The molecule has 1 aromatic carbocycles. The number of carbonyl (C=O) groups excluding carboxylic acids is 2. The van der Waals surface area contributed by atoms with Gasteiger partial charge in [0.25, 0.3) is 5.91 Å². The van der Waals surface area contributed by atoms with E-state index in [1.807, 2.05) is 19.1 Å². The zero-order valence-electron chi connectivity index (χ0n) is 18.7. The van der Waals surface area contributed by atoms with Gasteiger partial charge in [0.1, 0.15) is 5.82 Å². The van der Waals surface area contributed by atoms with Gasteiger partial charge >= 0.3 is 0 Å². The summed E-state index contributed by atoms with van der Waals surface area (Å²) in [6.45, 7) is 7.29. The number of nitrogens with two attached hydrogens (primary N) is 2. The highest BCUT2D eigenvalue weighted by Crippen LogP contribution is 2.36. The van der Waals surface area contributed by atoms with E-state index in [1.54, 1.807) is 45.3 Å². The van der Waals surface area contributed by atoms with Crippen LogP contribution in [0.2, 0.25) is 0 Å². The predicted octanol–water partition coefficient (Wildman–Crippen LogP) is 3.06. The largest absolute Gasteiger partial charge is 0.395 e. The highest BCUT2D eigenvalue weighted by Gasteiger charge is 2.25. The van der Waals surface area contributed by atoms with Gasteiger partial charge in [0.05, 0.1) is 28.7 Å². The minimum Gasteiger partial charge on any atom is -0.395 e. The molecule has 0 saturated heterocycles. The number of rotatable bonds is 4. The first-order chi connectivity index (χ1) is 15.6. The molecule has 10 heteroatoms. The zero-order chi connectivity index (χ0) is 23.9. The minimum absolute atomic E-state index is 0.0622. The van der Waals surface area contributed by atoms with Gasteiger partial charge in [-0.05, 0) is 30.7 Å². The number of H-pyrrole nitrogens is 1. The summed E-state index contributed by atoms with van der Waals surface area (Å²) in [5, 5.41) is 10.6. The molecule has 0 aliphatic carbocycles. The molecule has 0 fully saturated rings. The molecule has 6 N–H and O–H groups in total. The number of pyridine rings is 1. The van der Waals surface area contributed by atoms with Crippen molar-refractivity contribution < 1.29 is 9.59 Å². The molecule has 0 spiro atoms. The van der Waals surface area contributed by atoms with Gasteiger partial charge < -0.3 is 16.8 Å². The van der Waals surface area contributed by atoms with E-state index >= 15 is 0 Å². The average molecular weight is 444 g/mol. The fourth-order valence-electron chi connectivity index (χ4n) is 3.39. The van der Waals surface area contributed by atoms with E-state index in [9.17, 15) is 9.59 Å². The van der Waals surface area contributed by atoms with E-state index in [0.29, 0.717) is 16.8 Å². The average Bonchev–Trinajstić information content (AvgIpc) is 3.22. The Morgan fingerprint density at radius 3 is 2.58 bits per heavy atom. The lowest BCUT2D eigenvalue weighted by molar-refractivity contribution is -0.123. The van der Waals surface area contributed by atoms with Gasteiger partial charge in [0, 0.05) is 22.6 Å². The number of aromatic amines is 1. The number of carbonyl (C=O) groups is 2. The Kier molecular flexibility index (Phi) is 5.28. The summed E-state index contributed by atoms with van der Waals surface area (Å²) in [4.78, 5) is 38.2. The molecule has 0 bridgehead atoms. The molecule has 0 aliphatic heterocycles. The van der Waals surface area contributed by atoms with Crippen molar-refractivity contribution in [3.8, 4) is 22.6 Å². The van der Waals surface area contributed by atoms with Gasteiger partial charge in [-0.15, -0.1) is 0 Å². The first-order valence-electron chi connectivity index (χ1n) is 10.2. The van der Waals surface area contributed by atoms with E-state index in [2.05, 4.69) is 25.5 Å². The lowest BCUT2D eigenvalue weighted by atomic mass is 9.95. The van der Waals surface area contributed by atoms with E-state index in [0.717, 1.165) is 16.5 Å². The second-order valence-electron chi connectivity index (χ2n) is 8.71. The van der Waals surface area contributed by atoms with Crippen molar-refractivity contribution in [1.82, 2.24) is 25.1 Å². The molecule has 2 amide bonds. The topological polar surface area (TPSA) is 166 Å².